The summed E-state index contributed by atoms with van der Waals surface area (Å²) in [6.45, 7) is 8.84. The van der Waals surface area contributed by atoms with Crippen molar-refractivity contribution in [3.63, 3.8) is 0 Å². The molecule has 0 aliphatic rings. The Bertz CT molecular complexity index is 375. The Hall–Kier alpha value is -1.29. The normalized spacial score (nSPS) is 13.1. The Labute approximate surface area is 105 Å². The van der Waals surface area contributed by atoms with Gasteiger partial charge in [0.15, 0.2) is 0 Å². The maximum atomic E-state index is 8.61. The van der Waals surface area contributed by atoms with Gasteiger partial charge in [0.2, 0.25) is 0 Å². The van der Waals surface area contributed by atoms with Crippen molar-refractivity contribution >= 4 is 0 Å². The Balaban J connectivity index is 2.55. The van der Waals surface area contributed by atoms with Crippen LogP contribution < -0.4 is 0 Å². The molecular formula is C16H23N. The molecule has 1 heteroatoms. The Morgan fingerprint density at radius 1 is 1.18 bits per heavy atom. The van der Waals surface area contributed by atoms with Crippen LogP contribution in [0.5, 0.6) is 0 Å². The second kappa shape index (κ2) is 5.87. The third-order valence-electron chi connectivity index (χ3n) is 3.19. The highest BCUT2D eigenvalue weighted by Crippen LogP contribution is 2.23. The van der Waals surface area contributed by atoms with E-state index in [9.17, 15) is 0 Å². The standard InChI is InChI=1S/C16H23N/c1-13(11-12-17)5-6-14-7-9-15(10-8-14)16(2,3)4/h7-10,13H,5-6,11H2,1-4H3. The first-order valence-corrected chi connectivity index (χ1v) is 6.40. The van der Waals surface area contributed by atoms with Gasteiger partial charge in [-0.3, -0.25) is 0 Å². The van der Waals surface area contributed by atoms with Crippen molar-refractivity contribution in [2.24, 2.45) is 5.92 Å². The predicted octanol–water partition coefficient (Wildman–Crippen LogP) is 4.47. The lowest BCUT2D eigenvalue weighted by Gasteiger charge is -2.19. The van der Waals surface area contributed by atoms with Crippen LogP contribution in [0.3, 0.4) is 0 Å². The summed E-state index contributed by atoms with van der Waals surface area (Å²) < 4.78 is 0. The van der Waals surface area contributed by atoms with E-state index in [0.717, 1.165) is 12.8 Å². The van der Waals surface area contributed by atoms with E-state index in [2.05, 4.69) is 58.0 Å². The molecule has 17 heavy (non-hydrogen) atoms. The van der Waals surface area contributed by atoms with Crippen LogP contribution in [0.2, 0.25) is 0 Å². The summed E-state index contributed by atoms with van der Waals surface area (Å²) in [6, 6.07) is 11.1. The fraction of sp³-hybridized carbons (Fsp3) is 0.562. The second-order valence-electron chi connectivity index (χ2n) is 5.95. The van der Waals surface area contributed by atoms with E-state index in [1.165, 1.54) is 11.1 Å². The zero-order valence-corrected chi connectivity index (χ0v) is 11.5. The van der Waals surface area contributed by atoms with Crippen LogP contribution in [0.25, 0.3) is 0 Å². The molecule has 0 heterocycles. The van der Waals surface area contributed by atoms with Gasteiger partial charge >= 0.3 is 0 Å². The monoisotopic (exact) mass is 229 g/mol. The van der Waals surface area contributed by atoms with Gasteiger partial charge in [-0.2, -0.15) is 5.26 Å². The van der Waals surface area contributed by atoms with E-state index >= 15 is 0 Å². The molecule has 1 atom stereocenters. The van der Waals surface area contributed by atoms with Gasteiger partial charge in [-0.15, -0.1) is 0 Å². The molecule has 92 valence electrons. The maximum Gasteiger partial charge on any atom is 0.0624 e. The Morgan fingerprint density at radius 3 is 2.24 bits per heavy atom. The summed E-state index contributed by atoms with van der Waals surface area (Å²) in [4.78, 5) is 0. The van der Waals surface area contributed by atoms with Crippen molar-refractivity contribution in [1.82, 2.24) is 0 Å². The first-order chi connectivity index (χ1) is 7.93. The number of nitriles is 1. The van der Waals surface area contributed by atoms with Crippen LogP contribution >= 0.6 is 0 Å². The average molecular weight is 229 g/mol. The van der Waals surface area contributed by atoms with Gasteiger partial charge in [-0.25, -0.2) is 0 Å². The van der Waals surface area contributed by atoms with Gasteiger partial charge in [-0.1, -0.05) is 52.0 Å². The van der Waals surface area contributed by atoms with Crippen LogP contribution in [-0.4, -0.2) is 0 Å². The average Bonchev–Trinajstić information content (AvgIpc) is 2.26. The lowest BCUT2D eigenvalue weighted by atomic mass is 9.86. The molecule has 1 aromatic rings. The van der Waals surface area contributed by atoms with Gasteiger partial charge in [0.25, 0.3) is 0 Å². The minimum Gasteiger partial charge on any atom is -0.198 e. The molecule has 0 aliphatic carbocycles. The smallest absolute Gasteiger partial charge is 0.0624 e. The van der Waals surface area contributed by atoms with E-state index in [1.54, 1.807) is 0 Å². The first kappa shape index (κ1) is 13.8. The van der Waals surface area contributed by atoms with Crippen LogP contribution in [0.1, 0.15) is 51.7 Å². The molecule has 0 saturated carbocycles. The predicted molar refractivity (Wildman–Crippen MR) is 72.9 cm³/mol. The van der Waals surface area contributed by atoms with Crippen LogP contribution in [-0.2, 0) is 11.8 Å². The highest BCUT2D eigenvalue weighted by Gasteiger charge is 2.12. The van der Waals surface area contributed by atoms with Crippen molar-refractivity contribution in [1.29, 1.82) is 5.26 Å². The Morgan fingerprint density at radius 2 is 1.76 bits per heavy atom. The topological polar surface area (TPSA) is 23.8 Å². The molecule has 1 nitrogen and oxygen atoms in total. The first-order valence-electron chi connectivity index (χ1n) is 6.40. The lowest BCUT2D eigenvalue weighted by Crippen LogP contribution is -2.10. The number of benzene rings is 1. The molecule has 1 rings (SSSR count). The van der Waals surface area contributed by atoms with Crippen LogP contribution in [0.15, 0.2) is 24.3 Å². The van der Waals surface area contributed by atoms with Crippen molar-refractivity contribution in [3.05, 3.63) is 35.4 Å². The summed E-state index contributed by atoms with van der Waals surface area (Å²) >= 11 is 0. The number of hydrogen-bond acceptors (Lipinski definition) is 1. The summed E-state index contributed by atoms with van der Waals surface area (Å²) in [6.07, 6.45) is 2.84. The molecule has 0 spiro atoms. The number of hydrogen-bond donors (Lipinski definition) is 0. The zero-order chi connectivity index (χ0) is 12.9. The summed E-state index contributed by atoms with van der Waals surface area (Å²) in [5.41, 5.74) is 2.99. The quantitative estimate of drug-likeness (QED) is 0.747. The SMILES string of the molecule is CC(CC#N)CCc1ccc(C(C)(C)C)cc1. The number of aryl methyl sites for hydroxylation is 1. The molecule has 0 amide bonds. The van der Waals surface area contributed by atoms with Gasteiger partial charge in [-0.05, 0) is 35.3 Å². The van der Waals surface area contributed by atoms with Crippen molar-refractivity contribution in [2.45, 2.75) is 52.4 Å². The summed E-state index contributed by atoms with van der Waals surface area (Å²) in [7, 11) is 0. The van der Waals surface area contributed by atoms with E-state index in [1.807, 2.05) is 0 Å². The fourth-order valence-corrected chi connectivity index (χ4v) is 1.84. The molecule has 0 bridgehead atoms. The van der Waals surface area contributed by atoms with Crippen molar-refractivity contribution in [3.8, 4) is 6.07 Å². The van der Waals surface area contributed by atoms with Gasteiger partial charge in [0.05, 0.1) is 6.07 Å². The third-order valence-corrected chi connectivity index (χ3v) is 3.19. The van der Waals surface area contributed by atoms with Gasteiger partial charge < -0.3 is 0 Å². The fourth-order valence-electron chi connectivity index (χ4n) is 1.84. The zero-order valence-electron chi connectivity index (χ0n) is 11.5. The van der Waals surface area contributed by atoms with Gasteiger partial charge in [0.1, 0.15) is 0 Å². The lowest BCUT2D eigenvalue weighted by molar-refractivity contribution is 0.545. The minimum atomic E-state index is 0.229. The van der Waals surface area contributed by atoms with Crippen molar-refractivity contribution < 1.29 is 0 Å². The molecule has 0 aromatic heterocycles. The molecule has 0 aliphatic heterocycles. The van der Waals surface area contributed by atoms with E-state index in [4.69, 9.17) is 5.26 Å². The third kappa shape index (κ3) is 4.61. The highest BCUT2D eigenvalue weighted by molar-refractivity contribution is 5.27. The number of rotatable bonds is 4. The van der Waals surface area contributed by atoms with Crippen molar-refractivity contribution in [2.75, 3.05) is 0 Å². The molecule has 0 N–H and O–H groups in total. The van der Waals surface area contributed by atoms with E-state index < -0.39 is 0 Å². The number of nitrogens with zero attached hydrogens (tertiary/aromatic N) is 1. The molecule has 0 fully saturated rings. The summed E-state index contributed by atoms with van der Waals surface area (Å²) in [5.74, 6) is 0.502. The molecule has 1 aromatic carbocycles. The summed E-state index contributed by atoms with van der Waals surface area (Å²) in [5, 5.41) is 8.61. The van der Waals surface area contributed by atoms with Gasteiger partial charge in [0, 0.05) is 6.42 Å². The molecule has 1 unspecified atom stereocenters. The molecular weight excluding hydrogens is 206 g/mol. The van der Waals surface area contributed by atoms with E-state index in [-0.39, 0.29) is 5.41 Å². The van der Waals surface area contributed by atoms with Crippen LogP contribution in [0, 0.1) is 17.2 Å². The Kier molecular flexibility index (Phi) is 4.75. The van der Waals surface area contributed by atoms with E-state index in [0.29, 0.717) is 12.3 Å². The molecule has 0 radical (unpaired) electrons. The second-order valence-corrected chi connectivity index (χ2v) is 5.95. The highest BCUT2D eigenvalue weighted by atomic mass is 14.2. The minimum absolute atomic E-state index is 0.229. The largest absolute Gasteiger partial charge is 0.198 e. The maximum absolute atomic E-state index is 8.61. The molecule has 0 saturated heterocycles. The van der Waals surface area contributed by atoms with Crippen LogP contribution in [0.4, 0.5) is 0 Å².